The second-order valence-corrected chi connectivity index (χ2v) is 6.47. The van der Waals surface area contributed by atoms with Crippen molar-refractivity contribution in [1.82, 2.24) is 4.98 Å². The maximum atomic E-state index is 12.4. The van der Waals surface area contributed by atoms with Crippen molar-refractivity contribution in [3.8, 4) is 22.8 Å². The van der Waals surface area contributed by atoms with Crippen LogP contribution in [0, 0.1) is 0 Å². The number of amides is 1. The molecule has 1 amide bonds. The van der Waals surface area contributed by atoms with Crippen LogP contribution >= 0.6 is 11.3 Å². The SMILES string of the molecule is CCc1ccc(-c2csc(NC(=O)c3ccc4c(c3)OCO4)n2)cc1. The molecule has 0 saturated heterocycles. The summed E-state index contributed by atoms with van der Waals surface area (Å²) in [7, 11) is 0. The molecule has 0 aliphatic carbocycles. The minimum absolute atomic E-state index is 0.188. The van der Waals surface area contributed by atoms with Crippen LogP contribution in [0.3, 0.4) is 0 Å². The lowest BCUT2D eigenvalue weighted by Gasteiger charge is -2.03. The van der Waals surface area contributed by atoms with E-state index in [0.717, 1.165) is 17.7 Å². The molecule has 0 saturated carbocycles. The number of anilines is 1. The molecular formula is C19H16N2O3S. The van der Waals surface area contributed by atoms with Crippen molar-refractivity contribution in [3.63, 3.8) is 0 Å². The number of carbonyl (C=O) groups excluding carboxylic acids is 1. The van der Waals surface area contributed by atoms with Gasteiger partial charge in [0.2, 0.25) is 6.79 Å². The minimum atomic E-state index is -0.222. The number of rotatable bonds is 4. The summed E-state index contributed by atoms with van der Waals surface area (Å²) >= 11 is 1.40. The molecule has 2 heterocycles. The Hall–Kier alpha value is -2.86. The lowest BCUT2D eigenvalue weighted by atomic mass is 10.1. The van der Waals surface area contributed by atoms with Crippen molar-refractivity contribution in [2.75, 3.05) is 12.1 Å². The lowest BCUT2D eigenvalue weighted by molar-refractivity contribution is 0.102. The second kappa shape index (κ2) is 6.57. The smallest absolute Gasteiger partial charge is 0.257 e. The van der Waals surface area contributed by atoms with Gasteiger partial charge >= 0.3 is 0 Å². The van der Waals surface area contributed by atoms with Crippen LogP contribution in [-0.2, 0) is 6.42 Å². The molecule has 126 valence electrons. The van der Waals surface area contributed by atoms with Crippen molar-refractivity contribution in [3.05, 3.63) is 59.0 Å². The molecule has 0 radical (unpaired) electrons. The molecule has 1 N–H and O–H groups in total. The zero-order valence-corrected chi connectivity index (χ0v) is 14.4. The topological polar surface area (TPSA) is 60.5 Å². The molecule has 0 fully saturated rings. The van der Waals surface area contributed by atoms with E-state index in [-0.39, 0.29) is 12.7 Å². The first-order valence-corrected chi connectivity index (χ1v) is 8.87. The summed E-state index contributed by atoms with van der Waals surface area (Å²) in [4.78, 5) is 16.9. The van der Waals surface area contributed by atoms with E-state index >= 15 is 0 Å². The number of thiazole rings is 1. The zero-order valence-electron chi connectivity index (χ0n) is 13.6. The summed E-state index contributed by atoms with van der Waals surface area (Å²) in [5.74, 6) is 1.02. The van der Waals surface area contributed by atoms with Crippen molar-refractivity contribution in [2.24, 2.45) is 0 Å². The highest BCUT2D eigenvalue weighted by atomic mass is 32.1. The third kappa shape index (κ3) is 3.21. The van der Waals surface area contributed by atoms with E-state index in [1.165, 1.54) is 16.9 Å². The van der Waals surface area contributed by atoms with Gasteiger partial charge in [-0.1, -0.05) is 31.2 Å². The Morgan fingerprint density at radius 3 is 2.76 bits per heavy atom. The number of carbonyl (C=O) groups is 1. The number of nitrogens with one attached hydrogen (secondary N) is 1. The first-order chi connectivity index (χ1) is 12.2. The molecule has 1 aliphatic rings. The van der Waals surface area contributed by atoms with Gasteiger partial charge in [-0.05, 0) is 30.2 Å². The zero-order chi connectivity index (χ0) is 17.2. The van der Waals surface area contributed by atoms with Crippen molar-refractivity contribution < 1.29 is 14.3 Å². The molecule has 0 spiro atoms. The molecule has 5 nitrogen and oxygen atoms in total. The van der Waals surface area contributed by atoms with E-state index in [4.69, 9.17) is 9.47 Å². The maximum Gasteiger partial charge on any atom is 0.257 e. The molecule has 0 atom stereocenters. The van der Waals surface area contributed by atoms with E-state index in [2.05, 4.69) is 41.5 Å². The standard InChI is InChI=1S/C19H16N2O3S/c1-2-12-3-5-13(6-4-12)15-10-25-19(20-15)21-18(22)14-7-8-16-17(9-14)24-11-23-16/h3-10H,2,11H2,1H3,(H,20,21,22). The van der Waals surface area contributed by atoms with Crippen LogP contribution in [0.1, 0.15) is 22.8 Å². The molecule has 0 unspecified atom stereocenters. The number of ether oxygens (including phenoxy) is 2. The Morgan fingerprint density at radius 2 is 1.96 bits per heavy atom. The summed E-state index contributed by atoms with van der Waals surface area (Å²) in [6.45, 7) is 2.31. The fourth-order valence-corrected chi connectivity index (χ4v) is 3.30. The average molecular weight is 352 g/mol. The molecule has 1 aliphatic heterocycles. The molecule has 3 aromatic rings. The highest BCUT2D eigenvalue weighted by Crippen LogP contribution is 2.33. The molecule has 25 heavy (non-hydrogen) atoms. The Labute approximate surface area is 149 Å². The summed E-state index contributed by atoms with van der Waals surface area (Å²) in [5, 5.41) is 5.34. The van der Waals surface area contributed by atoms with Crippen LogP contribution in [0.15, 0.2) is 47.8 Å². The monoisotopic (exact) mass is 352 g/mol. The van der Waals surface area contributed by atoms with Gasteiger partial charge < -0.3 is 9.47 Å². The summed E-state index contributed by atoms with van der Waals surface area (Å²) in [6, 6.07) is 13.4. The highest BCUT2D eigenvalue weighted by Gasteiger charge is 2.17. The normalized spacial score (nSPS) is 12.2. The average Bonchev–Trinajstić information content (AvgIpc) is 3.30. The van der Waals surface area contributed by atoms with Gasteiger partial charge in [0.1, 0.15) is 0 Å². The van der Waals surface area contributed by atoms with Crippen LogP contribution < -0.4 is 14.8 Å². The van der Waals surface area contributed by atoms with Gasteiger partial charge in [-0.25, -0.2) is 4.98 Å². The summed E-state index contributed by atoms with van der Waals surface area (Å²) in [6.07, 6.45) is 1.01. The van der Waals surface area contributed by atoms with E-state index in [9.17, 15) is 4.79 Å². The van der Waals surface area contributed by atoms with Crippen molar-refractivity contribution in [1.29, 1.82) is 0 Å². The van der Waals surface area contributed by atoms with E-state index in [0.29, 0.717) is 22.2 Å². The van der Waals surface area contributed by atoms with Gasteiger partial charge in [0, 0.05) is 16.5 Å². The number of hydrogen-bond donors (Lipinski definition) is 1. The molecule has 0 bridgehead atoms. The first kappa shape index (κ1) is 15.7. The lowest BCUT2D eigenvalue weighted by Crippen LogP contribution is -2.11. The third-order valence-corrected chi connectivity index (χ3v) is 4.78. The van der Waals surface area contributed by atoms with Gasteiger partial charge in [-0.3, -0.25) is 10.1 Å². The molecule has 1 aromatic heterocycles. The number of aromatic nitrogens is 1. The fourth-order valence-electron chi connectivity index (χ4n) is 2.58. The third-order valence-electron chi connectivity index (χ3n) is 4.02. The quantitative estimate of drug-likeness (QED) is 0.758. The maximum absolute atomic E-state index is 12.4. The number of fused-ring (bicyclic) bond motifs is 1. The van der Waals surface area contributed by atoms with Crippen LogP contribution in [0.4, 0.5) is 5.13 Å². The Bertz CT molecular complexity index is 919. The van der Waals surface area contributed by atoms with E-state index in [1.54, 1.807) is 18.2 Å². The molecule has 2 aromatic carbocycles. The Kier molecular flexibility index (Phi) is 4.11. The van der Waals surface area contributed by atoms with Crippen LogP contribution in [-0.4, -0.2) is 17.7 Å². The predicted molar refractivity (Wildman–Crippen MR) is 97.4 cm³/mol. The molecule has 6 heteroatoms. The van der Waals surface area contributed by atoms with Gasteiger partial charge in [0.25, 0.3) is 5.91 Å². The molecular weight excluding hydrogens is 336 g/mol. The Morgan fingerprint density at radius 1 is 1.16 bits per heavy atom. The van der Waals surface area contributed by atoms with Crippen molar-refractivity contribution >= 4 is 22.4 Å². The van der Waals surface area contributed by atoms with Gasteiger partial charge in [0.05, 0.1) is 5.69 Å². The highest BCUT2D eigenvalue weighted by molar-refractivity contribution is 7.14. The van der Waals surface area contributed by atoms with Gasteiger partial charge in [0.15, 0.2) is 16.6 Å². The Balaban J connectivity index is 1.49. The summed E-state index contributed by atoms with van der Waals surface area (Å²) < 4.78 is 10.6. The van der Waals surface area contributed by atoms with Crippen LogP contribution in [0.2, 0.25) is 0 Å². The molecule has 4 rings (SSSR count). The number of hydrogen-bond acceptors (Lipinski definition) is 5. The number of benzene rings is 2. The fraction of sp³-hybridized carbons (Fsp3) is 0.158. The van der Waals surface area contributed by atoms with E-state index < -0.39 is 0 Å². The van der Waals surface area contributed by atoms with E-state index in [1.807, 2.05) is 5.38 Å². The number of aryl methyl sites for hydroxylation is 1. The number of nitrogens with zero attached hydrogens (tertiary/aromatic N) is 1. The largest absolute Gasteiger partial charge is 0.454 e. The summed E-state index contributed by atoms with van der Waals surface area (Å²) in [5.41, 5.74) is 3.69. The van der Waals surface area contributed by atoms with Gasteiger partial charge in [-0.2, -0.15) is 0 Å². The van der Waals surface area contributed by atoms with Crippen LogP contribution in [0.25, 0.3) is 11.3 Å². The van der Waals surface area contributed by atoms with Crippen LogP contribution in [0.5, 0.6) is 11.5 Å². The van der Waals surface area contributed by atoms with Gasteiger partial charge in [-0.15, -0.1) is 11.3 Å². The van der Waals surface area contributed by atoms with Crippen molar-refractivity contribution in [2.45, 2.75) is 13.3 Å². The minimum Gasteiger partial charge on any atom is -0.454 e. The predicted octanol–water partition coefficient (Wildman–Crippen LogP) is 4.35. The first-order valence-electron chi connectivity index (χ1n) is 7.99. The second-order valence-electron chi connectivity index (χ2n) is 5.61.